The fraction of sp³-hybridized carbons (Fsp3) is 0.440. The molecule has 2 heterocycles. The molecule has 1 atom stereocenters. The summed E-state index contributed by atoms with van der Waals surface area (Å²) >= 11 is -1.35. The first-order valence-corrected chi connectivity index (χ1v) is 13.4. The molecule has 3 aliphatic rings. The van der Waals surface area contributed by atoms with Crippen molar-refractivity contribution in [2.45, 2.75) is 30.8 Å². The summed E-state index contributed by atoms with van der Waals surface area (Å²) in [5.74, 6) is 6.58. The van der Waals surface area contributed by atoms with Gasteiger partial charge in [0.25, 0.3) is 5.91 Å². The summed E-state index contributed by atoms with van der Waals surface area (Å²) in [6.07, 6.45) is 5.11. The van der Waals surface area contributed by atoms with Crippen LogP contribution in [0, 0.1) is 23.7 Å². The molecule has 2 N–H and O–H groups in total. The van der Waals surface area contributed by atoms with Gasteiger partial charge >= 0.3 is 5.16 Å². The molecule has 10 nitrogen and oxygen atoms in total. The van der Waals surface area contributed by atoms with Crippen LogP contribution in [0.4, 0.5) is 17.2 Å². The van der Waals surface area contributed by atoms with E-state index in [1.54, 1.807) is 41.8 Å². The molecule has 2 saturated carbocycles. The highest BCUT2D eigenvalue weighted by molar-refractivity contribution is 7.90. The number of carbonyl (C=O) groups excluding carboxylic acids is 3. The molecule has 188 valence electrons. The highest BCUT2D eigenvalue weighted by atomic mass is 32.2. The van der Waals surface area contributed by atoms with E-state index in [1.165, 1.54) is 6.26 Å². The van der Waals surface area contributed by atoms with Gasteiger partial charge < -0.3 is 25.0 Å². The Bertz CT molecular complexity index is 1260. The number of hydrogen-bond acceptors (Lipinski definition) is 6. The normalized spacial score (nSPS) is 17.7. The molecule has 2 aliphatic carbocycles. The molecule has 2 aromatic rings. The lowest BCUT2D eigenvalue weighted by Crippen LogP contribution is -2.45. The lowest BCUT2D eigenvalue weighted by molar-refractivity contribution is -0.118. The minimum absolute atomic E-state index is 0.0209. The molecule has 5 rings (SSSR count). The van der Waals surface area contributed by atoms with Gasteiger partial charge in [-0.3, -0.25) is 19.0 Å². The minimum Gasteiger partial charge on any atom is -0.609 e. The van der Waals surface area contributed by atoms with E-state index in [1.807, 2.05) is 4.90 Å². The Morgan fingerprint density at radius 3 is 2.19 bits per heavy atom. The number of hydrogen-bond donors (Lipinski definition) is 2. The summed E-state index contributed by atoms with van der Waals surface area (Å²) in [5, 5.41) is 6.19. The van der Waals surface area contributed by atoms with Crippen LogP contribution in [-0.4, -0.2) is 63.2 Å². The van der Waals surface area contributed by atoms with E-state index < -0.39 is 11.2 Å². The van der Waals surface area contributed by atoms with Gasteiger partial charge in [0.05, 0.1) is 13.2 Å². The predicted octanol–water partition coefficient (Wildman–Crippen LogP) is 1.76. The minimum atomic E-state index is -1.35. The third-order valence-corrected chi connectivity index (χ3v) is 7.27. The number of imidazole rings is 1. The Morgan fingerprint density at radius 2 is 1.67 bits per heavy atom. The molecule has 1 aromatic carbocycles. The Hall–Kier alpha value is -3.49. The zero-order chi connectivity index (χ0) is 25.6. The van der Waals surface area contributed by atoms with Gasteiger partial charge in [-0.1, -0.05) is 11.8 Å². The van der Waals surface area contributed by atoms with Crippen LogP contribution in [0.3, 0.4) is 0 Å². The second kappa shape index (κ2) is 9.52. The Kier molecular flexibility index (Phi) is 6.40. The van der Waals surface area contributed by atoms with Gasteiger partial charge in [0.1, 0.15) is 6.26 Å². The number of nitrogens with one attached hydrogen (secondary N) is 2. The molecule has 0 spiro atoms. The molecule has 0 saturated heterocycles. The van der Waals surface area contributed by atoms with Crippen LogP contribution in [0.25, 0.3) is 0 Å². The van der Waals surface area contributed by atoms with Crippen molar-refractivity contribution in [3.63, 3.8) is 0 Å². The first-order valence-electron chi connectivity index (χ1n) is 11.9. The summed E-state index contributed by atoms with van der Waals surface area (Å²) in [6, 6.07) is 5.33. The van der Waals surface area contributed by atoms with Crippen molar-refractivity contribution >= 4 is 46.1 Å². The lowest BCUT2D eigenvalue weighted by Gasteiger charge is -2.32. The molecule has 36 heavy (non-hydrogen) atoms. The van der Waals surface area contributed by atoms with E-state index in [-0.39, 0.29) is 36.1 Å². The van der Waals surface area contributed by atoms with Gasteiger partial charge in [0, 0.05) is 54.0 Å². The number of anilines is 3. The maximum absolute atomic E-state index is 12.7. The molecule has 2 fully saturated rings. The number of rotatable bonds is 6. The maximum atomic E-state index is 12.7. The van der Waals surface area contributed by atoms with Crippen LogP contribution < -0.4 is 15.5 Å². The van der Waals surface area contributed by atoms with E-state index in [4.69, 9.17) is 0 Å². The van der Waals surface area contributed by atoms with Crippen molar-refractivity contribution in [1.29, 1.82) is 0 Å². The molecule has 1 unspecified atom stereocenters. The number of carbonyl (C=O) groups is 3. The van der Waals surface area contributed by atoms with Crippen LogP contribution in [0.2, 0.25) is 0 Å². The first kappa shape index (κ1) is 24.2. The maximum Gasteiger partial charge on any atom is 0.325 e. The lowest BCUT2D eigenvalue weighted by atomic mass is 10.1. The van der Waals surface area contributed by atoms with Crippen LogP contribution in [0.5, 0.6) is 0 Å². The van der Waals surface area contributed by atoms with Gasteiger partial charge in [-0.15, -0.1) is 0 Å². The van der Waals surface area contributed by atoms with Crippen molar-refractivity contribution in [2.24, 2.45) is 18.9 Å². The highest BCUT2D eigenvalue weighted by Gasteiger charge is 2.35. The average Bonchev–Trinajstić information content (AvgIpc) is 3.73. The van der Waals surface area contributed by atoms with Gasteiger partial charge in [0.15, 0.2) is 11.5 Å². The molecular weight excluding hydrogens is 480 g/mol. The fourth-order valence-electron chi connectivity index (χ4n) is 4.13. The van der Waals surface area contributed by atoms with Gasteiger partial charge in [0.2, 0.25) is 11.8 Å². The number of amides is 3. The summed E-state index contributed by atoms with van der Waals surface area (Å²) in [4.78, 5) is 45.2. The number of aromatic nitrogens is 2. The smallest absolute Gasteiger partial charge is 0.325 e. The predicted molar refractivity (Wildman–Crippen MR) is 136 cm³/mol. The zero-order valence-electron chi connectivity index (χ0n) is 20.5. The van der Waals surface area contributed by atoms with Crippen molar-refractivity contribution in [1.82, 2.24) is 14.5 Å². The van der Waals surface area contributed by atoms with Crippen molar-refractivity contribution < 1.29 is 18.9 Å². The SMILES string of the molecule is CN1CN(CC#Cc2cc(NC(=O)C3CC3)cc(NC(=O)C3CC3)c2)c2nc([S+](C)[O-])n(C)c2C1=O. The van der Waals surface area contributed by atoms with Crippen molar-refractivity contribution in [2.75, 3.05) is 42.1 Å². The Balaban J connectivity index is 1.39. The number of benzene rings is 1. The second-order valence-corrected chi connectivity index (χ2v) is 10.8. The summed E-state index contributed by atoms with van der Waals surface area (Å²) in [6.45, 7) is 0.577. The highest BCUT2D eigenvalue weighted by Crippen LogP contribution is 2.32. The fourth-order valence-corrected chi connectivity index (χ4v) is 4.83. The van der Waals surface area contributed by atoms with Gasteiger partial charge in [-0.25, -0.2) is 0 Å². The van der Waals surface area contributed by atoms with E-state index in [0.717, 1.165) is 25.7 Å². The Labute approximate surface area is 212 Å². The van der Waals surface area contributed by atoms with Gasteiger partial charge in [-0.2, -0.15) is 4.98 Å². The first-order chi connectivity index (χ1) is 17.2. The van der Waals surface area contributed by atoms with E-state index in [9.17, 15) is 18.9 Å². The van der Waals surface area contributed by atoms with Crippen molar-refractivity contribution in [3.8, 4) is 11.8 Å². The third-order valence-electron chi connectivity index (χ3n) is 6.39. The summed E-state index contributed by atoms with van der Waals surface area (Å²) in [5.41, 5.74) is 2.21. The van der Waals surface area contributed by atoms with Crippen LogP contribution in [0.15, 0.2) is 23.4 Å². The molecule has 1 aliphatic heterocycles. The number of fused-ring (bicyclic) bond motifs is 1. The van der Waals surface area contributed by atoms with E-state index in [2.05, 4.69) is 27.5 Å². The van der Waals surface area contributed by atoms with Crippen LogP contribution >= 0.6 is 0 Å². The second-order valence-electron chi connectivity index (χ2n) is 9.55. The number of nitrogens with zero attached hydrogens (tertiary/aromatic N) is 4. The standard InChI is InChI=1S/C25H28N6O4S/c1-29-14-31(21-20(24(29)34)30(2)25(28-21)36(3)35)10-4-5-15-11-18(26-22(32)16-6-7-16)13-19(12-15)27-23(33)17-8-9-17/h11-13,16-17H,6-10,14H2,1-3H3,(H,26,32)(H,27,33). The quantitative estimate of drug-likeness (QED) is 0.453. The van der Waals surface area contributed by atoms with Crippen LogP contribution in [-0.2, 0) is 27.8 Å². The molecule has 11 heteroatoms. The van der Waals surface area contributed by atoms with Crippen molar-refractivity contribution in [3.05, 3.63) is 29.5 Å². The molecular formula is C25H28N6O4S. The average molecular weight is 509 g/mol. The molecule has 3 amide bonds. The largest absolute Gasteiger partial charge is 0.609 e. The Morgan fingerprint density at radius 1 is 1.08 bits per heavy atom. The van der Waals surface area contributed by atoms with E-state index >= 15 is 0 Å². The third kappa shape index (κ3) is 5.05. The van der Waals surface area contributed by atoms with Crippen LogP contribution in [0.1, 0.15) is 41.7 Å². The summed E-state index contributed by atoms with van der Waals surface area (Å²) < 4.78 is 13.7. The monoisotopic (exact) mass is 508 g/mol. The van der Waals surface area contributed by atoms with E-state index in [0.29, 0.717) is 40.3 Å². The molecule has 0 bridgehead atoms. The molecule has 0 radical (unpaired) electrons. The molecule has 1 aromatic heterocycles. The van der Waals surface area contributed by atoms with Gasteiger partial charge in [-0.05, 0) is 43.9 Å². The topological polar surface area (TPSA) is 123 Å². The summed E-state index contributed by atoms with van der Waals surface area (Å²) in [7, 11) is 3.38. The zero-order valence-corrected chi connectivity index (χ0v) is 21.3.